The van der Waals surface area contributed by atoms with Gasteiger partial charge in [-0.25, -0.2) is 0 Å². The van der Waals surface area contributed by atoms with E-state index in [1.165, 1.54) is 11.8 Å². The molecule has 1 atom stereocenters. The molecule has 1 aromatic heterocycles. The zero-order chi connectivity index (χ0) is 24.7. The standard InChI is InChI=1S/C26H31N5O2S/c1-6-15-31-24(23(17(2)3)28-25(33)20-12-8-7-9-13-20)29-30-26(31)34-16-22(32)27-21-14-10-11-18(4)19(21)5/h6-14,17,23H,1,15-16H2,2-5H3,(H,27,32)(H,28,33)/t23-/m0/s1. The van der Waals surface area contributed by atoms with E-state index in [4.69, 9.17) is 0 Å². The monoisotopic (exact) mass is 477 g/mol. The fraction of sp³-hybridized carbons (Fsp3) is 0.308. The minimum atomic E-state index is -0.349. The number of hydrogen-bond donors (Lipinski definition) is 2. The Morgan fingerprint density at radius 2 is 1.82 bits per heavy atom. The molecule has 1 heterocycles. The summed E-state index contributed by atoms with van der Waals surface area (Å²) in [5, 5.41) is 15.4. The van der Waals surface area contributed by atoms with Gasteiger partial charge < -0.3 is 15.2 Å². The number of benzene rings is 2. The largest absolute Gasteiger partial charge is 0.342 e. The second-order valence-corrected chi connectivity index (χ2v) is 9.33. The van der Waals surface area contributed by atoms with Crippen LogP contribution < -0.4 is 10.6 Å². The molecule has 34 heavy (non-hydrogen) atoms. The third-order valence-corrected chi connectivity index (χ3v) is 6.50. The first kappa shape index (κ1) is 25.2. The lowest BCUT2D eigenvalue weighted by Gasteiger charge is -2.22. The van der Waals surface area contributed by atoms with Crippen molar-refractivity contribution in [2.24, 2.45) is 5.92 Å². The molecular formula is C26H31N5O2S. The zero-order valence-electron chi connectivity index (χ0n) is 20.0. The van der Waals surface area contributed by atoms with Crippen LogP contribution in [0.2, 0.25) is 0 Å². The highest BCUT2D eigenvalue weighted by molar-refractivity contribution is 7.99. The Bertz CT molecular complexity index is 1160. The van der Waals surface area contributed by atoms with E-state index in [1.807, 2.05) is 68.7 Å². The van der Waals surface area contributed by atoms with Crippen LogP contribution in [-0.2, 0) is 11.3 Å². The molecule has 0 unspecified atom stereocenters. The summed E-state index contributed by atoms with van der Waals surface area (Å²) in [6, 6.07) is 14.6. The van der Waals surface area contributed by atoms with Gasteiger partial charge in [0.2, 0.25) is 5.91 Å². The Morgan fingerprint density at radius 1 is 1.09 bits per heavy atom. The van der Waals surface area contributed by atoms with Crippen molar-refractivity contribution in [3.63, 3.8) is 0 Å². The predicted octanol–water partition coefficient (Wildman–Crippen LogP) is 4.94. The van der Waals surface area contributed by atoms with Crippen LogP contribution in [0.3, 0.4) is 0 Å². The maximum atomic E-state index is 12.8. The minimum Gasteiger partial charge on any atom is -0.342 e. The van der Waals surface area contributed by atoms with Crippen LogP contribution in [0.25, 0.3) is 0 Å². The van der Waals surface area contributed by atoms with Crippen LogP contribution in [0.15, 0.2) is 66.3 Å². The average Bonchev–Trinajstić information content (AvgIpc) is 3.21. The lowest BCUT2D eigenvalue weighted by molar-refractivity contribution is -0.113. The SMILES string of the molecule is C=CCn1c(SCC(=O)Nc2cccc(C)c2C)nnc1[C@@H](NC(=O)c1ccccc1)C(C)C. The van der Waals surface area contributed by atoms with Crippen LogP contribution in [0.4, 0.5) is 5.69 Å². The van der Waals surface area contributed by atoms with Crippen molar-refractivity contribution in [1.29, 1.82) is 0 Å². The predicted molar refractivity (Wildman–Crippen MR) is 137 cm³/mol. The normalized spacial score (nSPS) is 11.8. The van der Waals surface area contributed by atoms with E-state index in [-0.39, 0.29) is 29.5 Å². The minimum absolute atomic E-state index is 0.0749. The van der Waals surface area contributed by atoms with Crippen molar-refractivity contribution in [2.45, 2.75) is 45.4 Å². The number of rotatable bonds is 10. The van der Waals surface area contributed by atoms with Gasteiger partial charge in [0.25, 0.3) is 5.91 Å². The molecule has 8 heteroatoms. The van der Waals surface area contributed by atoms with Crippen LogP contribution in [-0.4, -0.2) is 32.3 Å². The number of hydrogen-bond acceptors (Lipinski definition) is 5. The summed E-state index contributed by atoms with van der Waals surface area (Å²) in [7, 11) is 0. The van der Waals surface area contributed by atoms with Crippen LogP contribution in [0.5, 0.6) is 0 Å². The van der Waals surface area contributed by atoms with E-state index in [1.54, 1.807) is 18.2 Å². The molecule has 0 radical (unpaired) electrons. The summed E-state index contributed by atoms with van der Waals surface area (Å²) in [6.45, 7) is 12.4. The van der Waals surface area contributed by atoms with Gasteiger partial charge in [0, 0.05) is 17.8 Å². The first-order valence-electron chi connectivity index (χ1n) is 11.2. The van der Waals surface area contributed by atoms with E-state index >= 15 is 0 Å². The van der Waals surface area contributed by atoms with Gasteiger partial charge in [-0.1, -0.05) is 62.0 Å². The molecule has 2 N–H and O–H groups in total. The fourth-order valence-corrected chi connectivity index (χ4v) is 4.24. The third-order valence-electron chi connectivity index (χ3n) is 5.54. The number of aryl methyl sites for hydroxylation is 1. The first-order chi connectivity index (χ1) is 16.3. The van der Waals surface area contributed by atoms with Gasteiger partial charge in [-0.05, 0) is 49.1 Å². The molecule has 7 nitrogen and oxygen atoms in total. The van der Waals surface area contributed by atoms with Gasteiger partial charge in [0.15, 0.2) is 11.0 Å². The summed E-state index contributed by atoms with van der Waals surface area (Å²) >= 11 is 1.31. The first-order valence-corrected chi connectivity index (χ1v) is 12.2. The van der Waals surface area contributed by atoms with Gasteiger partial charge in [-0.15, -0.1) is 16.8 Å². The maximum Gasteiger partial charge on any atom is 0.251 e. The van der Waals surface area contributed by atoms with Crippen LogP contribution >= 0.6 is 11.8 Å². The number of aromatic nitrogens is 3. The van der Waals surface area contributed by atoms with E-state index in [0.29, 0.717) is 23.1 Å². The molecule has 2 amide bonds. The van der Waals surface area contributed by atoms with Crippen molar-refractivity contribution >= 4 is 29.3 Å². The van der Waals surface area contributed by atoms with Crippen molar-refractivity contribution in [3.8, 4) is 0 Å². The van der Waals surface area contributed by atoms with E-state index in [9.17, 15) is 9.59 Å². The summed E-state index contributed by atoms with van der Waals surface area (Å²) in [5.41, 5.74) is 3.56. The molecule has 0 aliphatic heterocycles. The Balaban J connectivity index is 1.75. The zero-order valence-corrected chi connectivity index (χ0v) is 20.9. The molecule has 0 aliphatic rings. The molecule has 0 aliphatic carbocycles. The highest BCUT2D eigenvalue weighted by atomic mass is 32.2. The van der Waals surface area contributed by atoms with Gasteiger partial charge >= 0.3 is 0 Å². The molecule has 0 saturated heterocycles. The number of thioether (sulfide) groups is 1. The van der Waals surface area contributed by atoms with Crippen LogP contribution in [0.1, 0.15) is 47.2 Å². The highest BCUT2D eigenvalue weighted by Gasteiger charge is 2.26. The Hall–Kier alpha value is -3.39. The van der Waals surface area contributed by atoms with Gasteiger partial charge in [0.1, 0.15) is 0 Å². The Morgan fingerprint density at radius 3 is 2.50 bits per heavy atom. The van der Waals surface area contributed by atoms with Gasteiger partial charge in [-0.3, -0.25) is 9.59 Å². The number of carbonyl (C=O) groups is 2. The maximum absolute atomic E-state index is 12.8. The van der Waals surface area contributed by atoms with Crippen LogP contribution in [0, 0.1) is 19.8 Å². The van der Waals surface area contributed by atoms with Crippen molar-refractivity contribution in [1.82, 2.24) is 20.1 Å². The lowest BCUT2D eigenvalue weighted by Crippen LogP contribution is -2.33. The number of nitrogens with zero attached hydrogens (tertiary/aromatic N) is 3. The second-order valence-electron chi connectivity index (χ2n) is 8.39. The molecule has 0 spiro atoms. The van der Waals surface area contributed by atoms with E-state index in [0.717, 1.165) is 16.8 Å². The number of amides is 2. The van der Waals surface area contributed by atoms with Crippen molar-refractivity contribution in [2.75, 3.05) is 11.1 Å². The number of anilines is 1. The summed E-state index contributed by atoms with van der Waals surface area (Å²) in [4.78, 5) is 25.4. The Kier molecular flexibility index (Phi) is 8.65. The fourth-order valence-electron chi connectivity index (χ4n) is 3.48. The summed E-state index contributed by atoms with van der Waals surface area (Å²) in [6.07, 6.45) is 1.75. The summed E-state index contributed by atoms with van der Waals surface area (Å²) < 4.78 is 1.90. The topological polar surface area (TPSA) is 88.9 Å². The third kappa shape index (κ3) is 6.14. The Labute approximate surface area is 205 Å². The quantitative estimate of drug-likeness (QED) is 0.319. The van der Waals surface area contributed by atoms with Crippen molar-refractivity contribution in [3.05, 3.63) is 83.7 Å². The summed E-state index contributed by atoms with van der Waals surface area (Å²) in [5.74, 6) is 0.606. The van der Waals surface area contributed by atoms with E-state index < -0.39 is 0 Å². The molecule has 3 aromatic rings. The molecule has 0 fully saturated rings. The molecular weight excluding hydrogens is 446 g/mol. The number of carbonyl (C=O) groups excluding carboxylic acids is 2. The van der Waals surface area contributed by atoms with E-state index in [2.05, 4.69) is 27.4 Å². The second kappa shape index (κ2) is 11.7. The lowest BCUT2D eigenvalue weighted by atomic mass is 10.0. The molecule has 0 bridgehead atoms. The van der Waals surface area contributed by atoms with Crippen molar-refractivity contribution < 1.29 is 9.59 Å². The number of nitrogens with one attached hydrogen (secondary N) is 2. The molecule has 2 aromatic carbocycles. The molecule has 0 saturated carbocycles. The smallest absolute Gasteiger partial charge is 0.251 e. The number of allylic oxidation sites excluding steroid dienone is 1. The average molecular weight is 478 g/mol. The highest BCUT2D eigenvalue weighted by Crippen LogP contribution is 2.26. The van der Waals surface area contributed by atoms with Gasteiger partial charge in [-0.2, -0.15) is 0 Å². The molecule has 3 rings (SSSR count). The molecule has 178 valence electrons. The van der Waals surface area contributed by atoms with Gasteiger partial charge in [0.05, 0.1) is 11.8 Å².